The van der Waals surface area contributed by atoms with Crippen LogP contribution in [0.3, 0.4) is 0 Å². The number of hydrogen-bond acceptors (Lipinski definition) is 3. The van der Waals surface area contributed by atoms with E-state index >= 15 is 0 Å². The van der Waals surface area contributed by atoms with Crippen LogP contribution in [0.15, 0.2) is 16.7 Å². The molecule has 1 aliphatic carbocycles. The number of carbonyl (C=O) groups excluding carboxylic acids is 1. The van der Waals surface area contributed by atoms with Gasteiger partial charge in [0.05, 0.1) is 17.5 Å². The summed E-state index contributed by atoms with van der Waals surface area (Å²) in [6.07, 6.45) is 1.51. The van der Waals surface area contributed by atoms with Gasteiger partial charge in [0.1, 0.15) is 0 Å². The molecule has 1 fully saturated rings. The highest BCUT2D eigenvalue weighted by Gasteiger charge is 2.65. The summed E-state index contributed by atoms with van der Waals surface area (Å²) >= 11 is 9.10. The fraction of sp³-hybridized carbons (Fsp3) is 0.417. The number of halogens is 2. The van der Waals surface area contributed by atoms with Crippen molar-refractivity contribution < 1.29 is 14.7 Å². The van der Waals surface area contributed by atoms with Crippen LogP contribution < -0.4 is 5.32 Å². The number of anilines is 1. The lowest BCUT2D eigenvalue weighted by Crippen LogP contribution is -2.18. The number of carboxylic acids is 1. The molecule has 0 aliphatic heterocycles. The van der Waals surface area contributed by atoms with Crippen molar-refractivity contribution in [1.29, 1.82) is 0 Å². The van der Waals surface area contributed by atoms with Crippen LogP contribution in [0.4, 0.5) is 5.69 Å². The molecule has 0 spiro atoms. The van der Waals surface area contributed by atoms with E-state index in [1.165, 1.54) is 6.20 Å². The third-order valence-corrected chi connectivity index (χ3v) is 4.17. The molecule has 1 aromatic heterocycles. The molecular weight excluding hydrogens is 336 g/mol. The van der Waals surface area contributed by atoms with Crippen LogP contribution in [0.5, 0.6) is 0 Å². The summed E-state index contributed by atoms with van der Waals surface area (Å²) in [5, 5.41) is 11.8. The number of hydrogen-bond donors (Lipinski definition) is 2. The highest BCUT2D eigenvalue weighted by atomic mass is 79.9. The molecule has 1 aromatic rings. The Labute approximate surface area is 123 Å². The van der Waals surface area contributed by atoms with E-state index in [9.17, 15) is 9.59 Å². The molecule has 102 valence electrons. The standard InChI is InChI=1S/C12H12BrClN2O3/c1-12(2)7(8(12)11(18)19)10(17)16-6-3-5(13)4-15-9(6)14/h3-4,7-8H,1-2H3,(H,16,17)(H,18,19)/t7-,8+/m1/s1. The predicted octanol–water partition coefficient (Wildman–Crippen LogP) is 2.79. The Morgan fingerprint density at radius 2 is 2.11 bits per heavy atom. The summed E-state index contributed by atoms with van der Waals surface area (Å²) < 4.78 is 0.678. The van der Waals surface area contributed by atoms with E-state index in [2.05, 4.69) is 26.2 Å². The van der Waals surface area contributed by atoms with Gasteiger partial charge in [-0.3, -0.25) is 9.59 Å². The number of carboxylic acid groups (broad SMARTS) is 1. The van der Waals surface area contributed by atoms with Crippen LogP contribution in [0.1, 0.15) is 13.8 Å². The van der Waals surface area contributed by atoms with Gasteiger partial charge >= 0.3 is 5.97 Å². The van der Waals surface area contributed by atoms with Gasteiger partial charge in [0.2, 0.25) is 5.91 Å². The zero-order valence-electron chi connectivity index (χ0n) is 10.3. The van der Waals surface area contributed by atoms with Crippen LogP contribution >= 0.6 is 27.5 Å². The summed E-state index contributed by atoms with van der Waals surface area (Å²) in [5.41, 5.74) is -0.171. The van der Waals surface area contributed by atoms with Gasteiger partial charge in [-0.25, -0.2) is 4.98 Å². The number of carbonyl (C=O) groups is 2. The first-order valence-corrected chi connectivity index (χ1v) is 6.77. The maximum Gasteiger partial charge on any atom is 0.307 e. The first kappa shape index (κ1) is 14.3. The van der Waals surface area contributed by atoms with Gasteiger partial charge in [0.25, 0.3) is 0 Å². The Bertz CT molecular complexity index is 562. The van der Waals surface area contributed by atoms with Crippen LogP contribution in [0.2, 0.25) is 5.15 Å². The predicted molar refractivity (Wildman–Crippen MR) is 74.0 cm³/mol. The highest BCUT2D eigenvalue weighted by molar-refractivity contribution is 9.10. The molecule has 2 atom stereocenters. The zero-order chi connectivity index (χ0) is 14.4. The number of nitrogens with zero attached hydrogens (tertiary/aromatic N) is 1. The number of aliphatic carboxylic acids is 1. The normalized spacial score (nSPS) is 23.8. The minimum atomic E-state index is -0.955. The fourth-order valence-corrected chi connectivity index (χ4v) is 2.79. The summed E-state index contributed by atoms with van der Waals surface area (Å²) in [6, 6.07) is 1.62. The van der Waals surface area contributed by atoms with Crippen molar-refractivity contribution >= 4 is 45.1 Å². The smallest absolute Gasteiger partial charge is 0.307 e. The van der Waals surface area contributed by atoms with Crippen LogP contribution in [-0.2, 0) is 9.59 Å². The van der Waals surface area contributed by atoms with Crippen molar-refractivity contribution in [2.24, 2.45) is 17.3 Å². The average Bonchev–Trinajstić information content (AvgIpc) is 2.87. The van der Waals surface area contributed by atoms with Crippen molar-refractivity contribution in [1.82, 2.24) is 4.98 Å². The Morgan fingerprint density at radius 3 is 2.63 bits per heavy atom. The van der Waals surface area contributed by atoms with Crippen LogP contribution in [-0.4, -0.2) is 22.0 Å². The molecule has 1 saturated carbocycles. The Hall–Kier alpha value is -1.14. The third-order valence-electron chi connectivity index (χ3n) is 3.44. The van der Waals surface area contributed by atoms with E-state index in [0.29, 0.717) is 10.2 Å². The minimum Gasteiger partial charge on any atom is -0.481 e. The number of rotatable bonds is 3. The second kappa shape index (κ2) is 4.76. The molecule has 5 nitrogen and oxygen atoms in total. The lowest BCUT2D eigenvalue weighted by atomic mass is 10.1. The van der Waals surface area contributed by atoms with Gasteiger partial charge < -0.3 is 10.4 Å². The molecule has 2 N–H and O–H groups in total. The molecule has 0 saturated heterocycles. The quantitative estimate of drug-likeness (QED) is 0.824. The van der Waals surface area contributed by atoms with Crippen molar-refractivity contribution in [3.8, 4) is 0 Å². The number of nitrogens with one attached hydrogen (secondary N) is 1. The van der Waals surface area contributed by atoms with Crippen molar-refractivity contribution in [2.75, 3.05) is 5.32 Å². The molecule has 1 amide bonds. The molecule has 7 heteroatoms. The van der Waals surface area contributed by atoms with Gasteiger partial charge in [0.15, 0.2) is 5.15 Å². The van der Waals surface area contributed by atoms with Crippen LogP contribution in [0.25, 0.3) is 0 Å². The Kier molecular flexibility index (Phi) is 3.57. The van der Waals surface area contributed by atoms with Gasteiger partial charge in [-0.05, 0) is 27.4 Å². The molecule has 0 radical (unpaired) electrons. The molecule has 19 heavy (non-hydrogen) atoms. The van der Waals surface area contributed by atoms with E-state index in [4.69, 9.17) is 16.7 Å². The molecule has 0 unspecified atom stereocenters. The summed E-state index contributed by atoms with van der Waals surface area (Å²) in [7, 11) is 0. The molecule has 2 rings (SSSR count). The monoisotopic (exact) mass is 346 g/mol. The van der Waals surface area contributed by atoms with E-state index < -0.39 is 23.2 Å². The van der Waals surface area contributed by atoms with E-state index in [0.717, 1.165) is 0 Å². The first-order valence-electron chi connectivity index (χ1n) is 5.60. The van der Waals surface area contributed by atoms with E-state index in [1.807, 2.05) is 0 Å². The SMILES string of the molecule is CC1(C)[C@H](C(=O)O)[C@@H]1C(=O)Nc1cc(Br)cnc1Cl. The first-order chi connectivity index (χ1) is 8.75. The molecule has 1 heterocycles. The van der Waals surface area contributed by atoms with Gasteiger partial charge in [-0.2, -0.15) is 0 Å². The Balaban J connectivity index is 2.15. The maximum absolute atomic E-state index is 12.1. The average molecular weight is 348 g/mol. The minimum absolute atomic E-state index is 0.168. The topological polar surface area (TPSA) is 79.3 Å². The Morgan fingerprint density at radius 1 is 1.47 bits per heavy atom. The number of aromatic nitrogens is 1. The third kappa shape index (κ3) is 2.60. The number of amides is 1. The van der Waals surface area contributed by atoms with E-state index in [-0.39, 0.29) is 11.1 Å². The van der Waals surface area contributed by atoms with Crippen molar-refractivity contribution in [2.45, 2.75) is 13.8 Å². The molecule has 0 aromatic carbocycles. The van der Waals surface area contributed by atoms with Gasteiger partial charge in [0, 0.05) is 10.7 Å². The number of pyridine rings is 1. The maximum atomic E-state index is 12.1. The van der Waals surface area contributed by atoms with Gasteiger partial charge in [-0.1, -0.05) is 25.4 Å². The summed E-state index contributed by atoms with van der Waals surface area (Å²) in [4.78, 5) is 27.0. The lowest BCUT2D eigenvalue weighted by Gasteiger charge is -2.07. The second-order valence-corrected chi connectivity index (χ2v) is 6.37. The summed E-state index contributed by atoms with van der Waals surface area (Å²) in [5.74, 6) is -2.52. The molecular formula is C12H12BrClN2O3. The van der Waals surface area contributed by atoms with Gasteiger partial charge in [-0.15, -0.1) is 0 Å². The van der Waals surface area contributed by atoms with Crippen LogP contribution in [0, 0.1) is 17.3 Å². The summed E-state index contributed by atoms with van der Waals surface area (Å²) in [6.45, 7) is 3.52. The highest BCUT2D eigenvalue weighted by Crippen LogP contribution is 2.58. The lowest BCUT2D eigenvalue weighted by molar-refractivity contribution is -0.140. The fourth-order valence-electron chi connectivity index (χ4n) is 2.31. The molecule has 1 aliphatic rings. The van der Waals surface area contributed by atoms with Crippen molar-refractivity contribution in [3.05, 3.63) is 21.9 Å². The largest absolute Gasteiger partial charge is 0.481 e. The van der Waals surface area contributed by atoms with E-state index in [1.54, 1.807) is 19.9 Å². The zero-order valence-corrected chi connectivity index (χ0v) is 12.6. The van der Waals surface area contributed by atoms with Crippen molar-refractivity contribution in [3.63, 3.8) is 0 Å². The molecule has 0 bridgehead atoms. The second-order valence-electron chi connectivity index (χ2n) is 5.10.